The van der Waals surface area contributed by atoms with Gasteiger partial charge >= 0.3 is 0 Å². The highest BCUT2D eigenvalue weighted by Crippen LogP contribution is 2.25. The van der Waals surface area contributed by atoms with Gasteiger partial charge in [0.1, 0.15) is 0 Å². The van der Waals surface area contributed by atoms with Gasteiger partial charge in [-0.15, -0.1) is 11.8 Å². The van der Waals surface area contributed by atoms with Crippen LogP contribution in [-0.2, 0) is 6.42 Å². The van der Waals surface area contributed by atoms with Crippen molar-refractivity contribution in [3.05, 3.63) is 29.8 Å². The summed E-state index contributed by atoms with van der Waals surface area (Å²) in [6.45, 7) is 1.91. The van der Waals surface area contributed by atoms with Crippen LogP contribution in [0.1, 0.15) is 31.2 Å². The summed E-state index contributed by atoms with van der Waals surface area (Å²) in [6.07, 6.45) is 6.99. The third kappa shape index (κ3) is 4.01. The van der Waals surface area contributed by atoms with Crippen molar-refractivity contribution < 1.29 is 5.11 Å². The number of benzene rings is 1. The van der Waals surface area contributed by atoms with Crippen LogP contribution >= 0.6 is 11.8 Å². The zero-order valence-corrected chi connectivity index (χ0v) is 11.9. The molecular formula is C15H23NOS. The molecule has 1 aliphatic heterocycles. The maximum atomic E-state index is 10.4. The molecule has 0 saturated carbocycles. The van der Waals surface area contributed by atoms with E-state index in [1.807, 2.05) is 0 Å². The molecule has 2 rings (SSSR count). The SMILES string of the molecule is CSc1cccc(CCCC2(O)CCNCC2)c1. The van der Waals surface area contributed by atoms with E-state index < -0.39 is 5.60 Å². The second kappa shape index (κ2) is 6.60. The second-order valence-corrected chi connectivity index (χ2v) is 6.06. The Morgan fingerprint density at radius 3 is 2.83 bits per heavy atom. The summed E-state index contributed by atoms with van der Waals surface area (Å²) in [6, 6.07) is 8.72. The molecule has 2 N–H and O–H groups in total. The Morgan fingerprint density at radius 2 is 2.11 bits per heavy atom. The van der Waals surface area contributed by atoms with E-state index in [0.717, 1.165) is 45.2 Å². The Balaban J connectivity index is 1.80. The minimum Gasteiger partial charge on any atom is -0.390 e. The normalized spacial score (nSPS) is 18.8. The van der Waals surface area contributed by atoms with Gasteiger partial charge in [0, 0.05) is 4.90 Å². The number of nitrogens with one attached hydrogen (secondary N) is 1. The summed E-state index contributed by atoms with van der Waals surface area (Å²) in [5.41, 5.74) is 0.974. The van der Waals surface area contributed by atoms with E-state index in [-0.39, 0.29) is 0 Å². The summed E-state index contributed by atoms with van der Waals surface area (Å²) < 4.78 is 0. The Bertz CT molecular complexity index is 375. The van der Waals surface area contributed by atoms with Crippen molar-refractivity contribution in [2.24, 2.45) is 0 Å². The lowest BCUT2D eigenvalue weighted by Gasteiger charge is -2.32. The summed E-state index contributed by atoms with van der Waals surface area (Å²) in [4.78, 5) is 1.33. The van der Waals surface area contributed by atoms with Crippen LogP contribution in [0.15, 0.2) is 29.2 Å². The van der Waals surface area contributed by atoms with Gasteiger partial charge in [0.15, 0.2) is 0 Å². The van der Waals surface area contributed by atoms with Gasteiger partial charge in [-0.1, -0.05) is 12.1 Å². The van der Waals surface area contributed by atoms with Crippen molar-refractivity contribution >= 4 is 11.8 Å². The lowest BCUT2D eigenvalue weighted by molar-refractivity contribution is 0.000920. The predicted molar refractivity (Wildman–Crippen MR) is 78.2 cm³/mol. The van der Waals surface area contributed by atoms with Crippen LogP contribution in [0.2, 0.25) is 0 Å². The molecule has 1 fully saturated rings. The molecule has 1 aromatic carbocycles. The quantitative estimate of drug-likeness (QED) is 0.803. The van der Waals surface area contributed by atoms with Crippen LogP contribution < -0.4 is 5.32 Å². The van der Waals surface area contributed by atoms with Gasteiger partial charge < -0.3 is 10.4 Å². The third-order valence-electron chi connectivity index (χ3n) is 3.78. The largest absolute Gasteiger partial charge is 0.390 e. The van der Waals surface area contributed by atoms with E-state index in [2.05, 4.69) is 35.8 Å². The lowest BCUT2D eigenvalue weighted by atomic mass is 9.87. The van der Waals surface area contributed by atoms with Crippen molar-refractivity contribution in [3.63, 3.8) is 0 Å². The zero-order valence-electron chi connectivity index (χ0n) is 11.1. The highest BCUT2D eigenvalue weighted by Gasteiger charge is 2.28. The molecule has 18 heavy (non-hydrogen) atoms. The van der Waals surface area contributed by atoms with Crippen molar-refractivity contribution in [2.45, 2.75) is 42.6 Å². The van der Waals surface area contributed by atoms with Crippen molar-refractivity contribution in [2.75, 3.05) is 19.3 Å². The first kappa shape index (κ1) is 13.9. The zero-order chi connectivity index (χ0) is 12.8. The minimum absolute atomic E-state index is 0.414. The summed E-state index contributed by atoms with van der Waals surface area (Å²) >= 11 is 1.79. The van der Waals surface area contributed by atoms with Crippen LogP contribution in [0, 0.1) is 0 Å². The fourth-order valence-electron chi connectivity index (χ4n) is 2.59. The summed E-state index contributed by atoms with van der Waals surface area (Å²) in [5, 5.41) is 13.7. The topological polar surface area (TPSA) is 32.3 Å². The van der Waals surface area contributed by atoms with Crippen LogP contribution in [0.3, 0.4) is 0 Å². The molecule has 3 heteroatoms. The second-order valence-electron chi connectivity index (χ2n) is 5.18. The molecule has 1 heterocycles. The predicted octanol–water partition coefficient (Wildman–Crippen LogP) is 2.85. The number of rotatable bonds is 5. The number of piperidine rings is 1. The van der Waals surface area contributed by atoms with Crippen molar-refractivity contribution in [1.82, 2.24) is 5.32 Å². The summed E-state index contributed by atoms with van der Waals surface area (Å²) in [7, 11) is 0. The smallest absolute Gasteiger partial charge is 0.0672 e. The Hall–Kier alpha value is -0.510. The first-order valence-electron chi connectivity index (χ1n) is 6.78. The molecule has 0 unspecified atom stereocenters. The molecule has 100 valence electrons. The maximum absolute atomic E-state index is 10.4. The standard InChI is InChI=1S/C15H23NOS/c1-18-14-6-2-4-13(12-14)5-3-7-15(17)8-10-16-11-9-15/h2,4,6,12,16-17H,3,5,7-11H2,1H3. The molecular weight excluding hydrogens is 242 g/mol. The van der Waals surface area contributed by atoms with Crippen LogP contribution in [-0.4, -0.2) is 30.1 Å². The van der Waals surface area contributed by atoms with Gasteiger partial charge in [0.05, 0.1) is 5.60 Å². The molecule has 0 aliphatic carbocycles. The van der Waals surface area contributed by atoms with E-state index in [0.29, 0.717) is 0 Å². The molecule has 0 atom stereocenters. The number of aliphatic hydroxyl groups is 1. The van der Waals surface area contributed by atoms with E-state index >= 15 is 0 Å². The monoisotopic (exact) mass is 265 g/mol. The molecule has 0 amide bonds. The first-order chi connectivity index (χ1) is 8.72. The Kier molecular flexibility index (Phi) is 5.10. The van der Waals surface area contributed by atoms with E-state index in [1.54, 1.807) is 11.8 Å². The number of thioether (sulfide) groups is 1. The van der Waals surface area contributed by atoms with Crippen molar-refractivity contribution in [3.8, 4) is 0 Å². The van der Waals surface area contributed by atoms with E-state index in [1.165, 1.54) is 10.5 Å². The van der Waals surface area contributed by atoms with Gasteiger partial charge in [-0.25, -0.2) is 0 Å². The number of hydrogen-bond donors (Lipinski definition) is 2. The summed E-state index contributed by atoms with van der Waals surface area (Å²) in [5.74, 6) is 0. The van der Waals surface area contributed by atoms with Crippen molar-refractivity contribution in [1.29, 1.82) is 0 Å². The molecule has 1 aromatic rings. The van der Waals surface area contributed by atoms with Crippen LogP contribution in [0.25, 0.3) is 0 Å². The average molecular weight is 265 g/mol. The van der Waals surface area contributed by atoms with Gasteiger partial charge in [-0.3, -0.25) is 0 Å². The van der Waals surface area contributed by atoms with Crippen LogP contribution in [0.4, 0.5) is 0 Å². The lowest BCUT2D eigenvalue weighted by Crippen LogP contribution is -2.41. The molecule has 0 bridgehead atoms. The van der Waals surface area contributed by atoms with Gasteiger partial charge in [0.25, 0.3) is 0 Å². The fraction of sp³-hybridized carbons (Fsp3) is 0.600. The van der Waals surface area contributed by atoms with Gasteiger partial charge in [-0.2, -0.15) is 0 Å². The van der Waals surface area contributed by atoms with E-state index in [4.69, 9.17) is 0 Å². The highest BCUT2D eigenvalue weighted by atomic mass is 32.2. The molecule has 1 aliphatic rings. The fourth-order valence-corrected chi connectivity index (χ4v) is 3.08. The molecule has 2 nitrogen and oxygen atoms in total. The maximum Gasteiger partial charge on any atom is 0.0672 e. The van der Waals surface area contributed by atoms with E-state index in [9.17, 15) is 5.11 Å². The molecule has 0 spiro atoms. The highest BCUT2D eigenvalue weighted by molar-refractivity contribution is 7.98. The minimum atomic E-state index is -0.414. The van der Waals surface area contributed by atoms with Gasteiger partial charge in [-0.05, 0) is 69.1 Å². The number of aryl methyl sites for hydroxylation is 1. The van der Waals surface area contributed by atoms with Gasteiger partial charge in [0.2, 0.25) is 0 Å². The first-order valence-corrected chi connectivity index (χ1v) is 8.00. The molecule has 0 radical (unpaired) electrons. The Labute approximate surface area is 114 Å². The number of hydrogen-bond acceptors (Lipinski definition) is 3. The average Bonchev–Trinajstić information content (AvgIpc) is 2.40. The molecule has 1 saturated heterocycles. The molecule has 0 aromatic heterocycles. The Morgan fingerprint density at radius 1 is 1.33 bits per heavy atom. The van der Waals surface area contributed by atoms with Crippen LogP contribution in [0.5, 0.6) is 0 Å². The third-order valence-corrected chi connectivity index (χ3v) is 4.50.